The third-order valence-corrected chi connectivity index (χ3v) is 7.23. The van der Waals surface area contributed by atoms with Gasteiger partial charge >= 0.3 is 0 Å². The average molecular weight is 430 g/mol. The molecule has 2 amide bonds. The number of sulfonamides is 1. The summed E-state index contributed by atoms with van der Waals surface area (Å²) in [6.45, 7) is 0.577. The fourth-order valence-corrected chi connectivity index (χ4v) is 5.27. The van der Waals surface area contributed by atoms with Gasteiger partial charge < -0.3 is 11.1 Å². The number of hydrogen-bond acceptors (Lipinski definition) is 4. The molecule has 0 spiro atoms. The van der Waals surface area contributed by atoms with Gasteiger partial charge in [0.05, 0.1) is 22.9 Å². The molecule has 0 saturated carbocycles. The van der Waals surface area contributed by atoms with Crippen molar-refractivity contribution in [2.75, 3.05) is 24.2 Å². The number of carbonyl (C=O) groups excluding carboxylic acids is 2. The van der Waals surface area contributed by atoms with Crippen LogP contribution in [0.5, 0.6) is 0 Å². The van der Waals surface area contributed by atoms with Crippen molar-refractivity contribution >= 4 is 27.5 Å². The van der Waals surface area contributed by atoms with Crippen LogP contribution in [-0.2, 0) is 21.2 Å². The summed E-state index contributed by atoms with van der Waals surface area (Å²) in [7, 11) is -3.44. The quantitative estimate of drug-likeness (QED) is 0.671. The maximum atomic E-state index is 12.8. The first-order valence-electron chi connectivity index (χ1n) is 10.1. The van der Waals surface area contributed by atoms with E-state index in [4.69, 9.17) is 5.73 Å². The summed E-state index contributed by atoms with van der Waals surface area (Å²) in [6.07, 6.45) is 2.45. The van der Waals surface area contributed by atoms with Crippen molar-refractivity contribution in [3.8, 4) is 0 Å². The molecule has 0 bridgehead atoms. The van der Waals surface area contributed by atoms with E-state index in [-0.39, 0.29) is 23.8 Å². The van der Waals surface area contributed by atoms with Crippen molar-refractivity contribution in [1.82, 2.24) is 4.31 Å². The Morgan fingerprint density at radius 3 is 2.50 bits per heavy atom. The molecule has 160 valence electrons. The molecule has 3 N–H and O–H groups in total. The largest absolute Gasteiger partial charge is 0.366 e. The lowest BCUT2D eigenvalue weighted by molar-refractivity contribution is -0.120. The van der Waals surface area contributed by atoms with E-state index < -0.39 is 21.8 Å². The van der Waals surface area contributed by atoms with Crippen LogP contribution < -0.4 is 11.1 Å². The van der Waals surface area contributed by atoms with Crippen LogP contribution in [0.2, 0.25) is 0 Å². The summed E-state index contributed by atoms with van der Waals surface area (Å²) in [5, 5.41) is 2.74. The molecule has 0 radical (unpaired) electrons. The number of anilines is 1. The van der Waals surface area contributed by atoms with E-state index >= 15 is 0 Å². The minimum Gasteiger partial charge on any atom is -0.366 e. The number of hydrogen-bond donors (Lipinski definition) is 2. The number of nitrogens with one attached hydrogen (secondary N) is 1. The normalized spacial score (nSPS) is 17.4. The van der Waals surface area contributed by atoms with Crippen LogP contribution in [0.3, 0.4) is 0 Å². The highest BCUT2D eigenvalue weighted by Gasteiger charge is 2.32. The molecule has 0 aliphatic carbocycles. The topological polar surface area (TPSA) is 110 Å². The molecule has 1 atom stereocenters. The molecule has 1 aliphatic heterocycles. The summed E-state index contributed by atoms with van der Waals surface area (Å²) in [5.41, 5.74) is 7.04. The van der Waals surface area contributed by atoms with Gasteiger partial charge in [0.15, 0.2) is 0 Å². The van der Waals surface area contributed by atoms with Gasteiger partial charge in [-0.15, -0.1) is 0 Å². The second-order valence-corrected chi connectivity index (χ2v) is 9.59. The standard InChI is InChI=1S/C22H27N3O4S/c23-21(26)19-12-4-5-13-20(19)24-22(27)18-11-6-14-25(16-18)30(28,29)15-7-10-17-8-2-1-3-9-17/h1-5,8-9,12-13,18H,6-7,10-11,14-16H2,(H2,23,26)(H,24,27)/t18-/m1/s1. The smallest absolute Gasteiger partial charge is 0.250 e. The van der Waals surface area contributed by atoms with Gasteiger partial charge in [0.25, 0.3) is 5.91 Å². The maximum Gasteiger partial charge on any atom is 0.250 e. The monoisotopic (exact) mass is 429 g/mol. The van der Waals surface area contributed by atoms with Crippen molar-refractivity contribution in [3.05, 3.63) is 65.7 Å². The van der Waals surface area contributed by atoms with Gasteiger partial charge in [-0.25, -0.2) is 12.7 Å². The molecule has 1 aliphatic rings. The number of benzene rings is 2. The first-order chi connectivity index (χ1) is 14.4. The summed E-state index contributed by atoms with van der Waals surface area (Å²) in [5.74, 6) is -1.34. The summed E-state index contributed by atoms with van der Waals surface area (Å²) in [4.78, 5) is 24.3. The van der Waals surface area contributed by atoms with Crippen LogP contribution >= 0.6 is 0 Å². The molecule has 1 fully saturated rings. The van der Waals surface area contributed by atoms with Gasteiger partial charge in [0, 0.05) is 13.1 Å². The highest BCUT2D eigenvalue weighted by molar-refractivity contribution is 7.89. The molecular weight excluding hydrogens is 402 g/mol. The van der Waals surface area contributed by atoms with Gasteiger partial charge in [-0.1, -0.05) is 42.5 Å². The molecule has 1 heterocycles. The third kappa shape index (κ3) is 5.67. The number of aryl methyl sites for hydroxylation is 1. The van der Waals surface area contributed by atoms with Gasteiger partial charge in [-0.2, -0.15) is 0 Å². The highest BCUT2D eigenvalue weighted by Crippen LogP contribution is 2.23. The fourth-order valence-electron chi connectivity index (χ4n) is 3.68. The fraction of sp³-hybridized carbons (Fsp3) is 0.364. The molecule has 2 aromatic rings. The van der Waals surface area contributed by atoms with E-state index in [1.807, 2.05) is 30.3 Å². The number of rotatable bonds is 8. The molecule has 30 heavy (non-hydrogen) atoms. The minimum atomic E-state index is -3.44. The number of piperidine rings is 1. The molecule has 1 saturated heterocycles. The van der Waals surface area contributed by atoms with Crippen molar-refractivity contribution in [1.29, 1.82) is 0 Å². The maximum absolute atomic E-state index is 12.8. The van der Waals surface area contributed by atoms with Crippen LogP contribution in [0, 0.1) is 5.92 Å². The predicted molar refractivity (Wildman–Crippen MR) is 116 cm³/mol. The minimum absolute atomic E-state index is 0.0563. The van der Waals surface area contributed by atoms with Crippen molar-refractivity contribution in [3.63, 3.8) is 0 Å². The molecule has 3 rings (SSSR count). The van der Waals surface area contributed by atoms with E-state index in [9.17, 15) is 18.0 Å². The zero-order valence-corrected chi connectivity index (χ0v) is 17.6. The highest BCUT2D eigenvalue weighted by atomic mass is 32.2. The first-order valence-corrected chi connectivity index (χ1v) is 11.7. The zero-order chi connectivity index (χ0) is 21.6. The Balaban J connectivity index is 1.59. The van der Waals surface area contributed by atoms with Crippen molar-refractivity contribution in [2.24, 2.45) is 11.7 Å². The average Bonchev–Trinajstić information content (AvgIpc) is 2.74. The third-order valence-electron chi connectivity index (χ3n) is 5.31. The first kappa shape index (κ1) is 22.0. The SMILES string of the molecule is NC(=O)c1ccccc1NC(=O)[C@@H]1CCCN(S(=O)(=O)CCCc2ccccc2)C1. The zero-order valence-electron chi connectivity index (χ0n) is 16.8. The lowest BCUT2D eigenvalue weighted by Gasteiger charge is -2.31. The van der Waals surface area contributed by atoms with Crippen LogP contribution in [0.15, 0.2) is 54.6 Å². The van der Waals surface area contributed by atoms with E-state index in [0.29, 0.717) is 37.9 Å². The predicted octanol–water partition coefficient (Wildman–Crippen LogP) is 2.40. The summed E-state index contributed by atoms with van der Waals surface area (Å²) >= 11 is 0. The van der Waals surface area contributed by atoms with Gasteiger partial charge in [-0.3, -0.25) is 9.59 Å². The molecule has 8 heteroatoms. The van der Waals surface area contributed by atoms with Crippen molar-refractivity contribution < 1.29 is 18.0 Å². The lowest BCUT2D eigenvalue weighted by Crippen LogP contribution is -2.44. The van der Waals surface area contributed by atoms with Crippen molar-refractivity contribution in [2.45, 2.75) is 25.7 Å². The molecule has 0 aromatic heterocycles. The van der Waals surface area contributed by atoms with Crippen LogP contribution in [0.4, 0.5) is 5.69 Å². The number of amides is 2. The number of carbonyl (C=O) groups is 2. The van der Waals surface area contributed by atoms with Crippen LogP contribution in [-0.4, -0.2) is 43.4 Å². The second kappa shape index (κ2) is 9.86. The Kier molecular flexibility index (Phi) is 7.23. The van der Waals surface area contributed by atoms with Gasteiger partial charge in [-0.05, 0) is 43.4 Å². The molecule has 2 aromatic carbocycles. The Labute approximate surface area is 177 Å². The number of nitrogens with zero attached hydrogens (tertiary/aromatic N) is 1. The second-order valence-electron chi connectivity index (χ2n) is 7.50. The Morgan fingerprint density at radius 2 is 1.77 bits per heavy atom. The number of para-hydroxylation sites is 1. The molecule has 7 nitrogen and oxygen atoms in total. The Bertz CT molecular complexity index is 992. The van der Waals surface area contributed by atoms with Crippen LogP contribution in [0.1, 0.15) is 35.2 Å². The number of nitrogens with two attached hydrogens (primary N) is 1. The molecule has 0 unspecified atom stereocenters. The van der Waals surface area contributed by atoms with Gasteiger partial charge in [0.2, 0.25) is 15.9 Å². The molecular formula is C22H27N3O4S. The van der Waals surface area contributed by atoms with E-state index in [1.54, 1.807) is 24.3 Å². The Morgan fingerprint density at radius 1 is 1.07 bits per heavy atom. The van der Waals surface area contributed by atoms with Gasteiger partial charge in [0.1, 0.15) is 0 Å². The van der Waals surface area contributed by atoms with E-state index in [1.165, 1.54) is 4.31 Å². The summed E-state index contributed by atoms with van der Waals surface area (Å²) in [6, 6.07) is 16.3. The number of primary amides is 1. The van der Waals surface area contributed by atoms with E-state index in [0.717, 1.165) is 5.56 Å². The lowest BCUT2D eigenvalue weighted by atomic mass is 9.98. The summed E-state index contributed by atoms with van der Waals surface area (Å²) < 4.78 is 27.0. The Hall–Kier alpha value is -2.71. The van der Waals surface area contributed by atoms with E-state index in [2.05, 4.69) is 5.32 Å². The van der Waals surface area contributed by atoms with Crippen LogP contribution in [0.25, 0.3) is 0 Å².